The molecule has 0 unspecified atom stereocenters. The van der Waals surface area contributed by atoms with Crippen LogP contribution in [0.4, 0.5) is 16.2 Å². The number of anilines is 2. The zero-order valence-electron chi connectivity index (χ0n) is 17.5. The van der Waals surface area contributed by atoms with Crippen molar-refractivity contribution in [3.63, 3.8) is 0 Å². The van der Waals surface area contributed by atoms with E-state index in [2.05, 4.69) is 5.32 Å². The topological polar surface area (TPSA) is 96.0 Å². The molecule has 0 radical (unpaired) electrons. The van der Waals surface area contributed by atoms with Gasteiger partial charge in [-0.25, -0.2) is 4.79 Å². The number of amides is 4. The van der Waals surface area contributed by atoms with Crippen molar-refractivity contribution < 1.29 is 23.9 Å². The molecular formula is C23H20ClN3O5S. The quantitative estimate of drug-likeness (QED) is 0.521. The summed E-state index contributed by atoms with van der Waals surface area (Å²) in [4.78, 5) is 54.6. The first kappa shape index (κ1) is 21.8. The van der Waals surface area contributed by atoms with Gasteiger partial charge < -0.3 is 10.1 Å². The number of benzene rings is 2. The van der Waals surface area contributed by atoms with Gasteiger partial charge in [0.05, 0.1) is 11.4 Å². The predicted octanol–water partition coefficient (Wildman–Crippen LogP) is 3.88. The Bertz CT molecular complexity index is 1180. The van der Waals surface area contributed by atoms with Crippen molar-refractivity contribution in [3.05, 3.63) is 47.5 Å². The third kappa shape index (κ3) is 3.85. The lowest BCUT2D eigenvalue weighted by atomic mass is 9.98. The normalized spacial score (nSPS) is 18.2. The maximum atomic E-state index is 13.1. The number of imide groups is 1. The molecule has 1 saturated heterocycles. The highest BCUT2D eigenvalue weighted by Gasteiger charge is 2.52. The van der Waals surface area contributed by atoms with Crippen LogP contribution in [0.5, 0.6) is 0 Å². The Morgan fingerprint density at radius 2 is 1.79 bits per heavy atom. The van der Waals surface area contributed by atoms with Gasteiger partial charge in [0.2, 0.25) is 0 Å². The molecule has 0 aromatic heterocycles. The second-order valence-electron chi connectivity index (χ2n) is 8.18. The van der Waals surface area contributed by atoms with Gasteiger partial charge in [-0.15, -0.1) is 0 Å². The molecule has 2 heterocycles. The van der Waals surface area contributed by atoms with Crippen LogP contribution in [-0.2, 0) is 19.1 Å². The minimum absolute atomic E-state index is 0.404. The molecule has 1 saturated carbocycles. The molecular weight excluding hydrogens is 466 g/mol. The first-order chi connectivity index (χ1) is 15.9. The molecule has 2 aromatic carbocycles. The molecule has 2 fully saturated rings. The number of nitrogens with zero attached hydrogens (tertiary/aromatic N) is 2. The van der Waals surface area contributed by atoms with Crippen molar-refractivity contribution in [1.29, 1.82) is 0 Å². The van der Waals surface area contributed by atoms with E-state index >= 15 is 0 Å². The van der Waals surface area contributed by atoms with Gasteiger partial charge in [0.25, 0.3) is 11.8 Å². The molecule has 3 aliphatic rings. The van der Waals surface area contributed by atoms with Crippen LogP contribution in [0.1, 0.15) is 25.7 Å². The van der Waals surface area contributed by atoms with Crippen LogP contribution in [0.25, 0.3) is 0 Å². The highest BCUT2D eigenvalue weighted by molar-refractivity contribution is 7.99. The lowest BCUT2D eigenvalue weighted by Crippen LogP contribution is -2.44. The van der Waals surface area contributed by atoms with Crippen LogP contribution in [0.3, 0.4) is 0 Å². The maximum Gasteiger partial charge on any atom is 0.326 e. The SMILES string of the molecule is O=C(CN1C(=O)NC2(CCCC2)C1=O)OCC(=O)N1c2ccccc2Sc2ccc(Cl)cc21. The number of para-hydroxylation sites is 1. The highest BCUT2D eigenvalue weighted by atomic mass is 35.5. The Hall–Kier alpha value is -3.04. The lowest BCUT2D eigenvalue weighted by Gasteiger charge is -2.31. The van der Waals surface area contributed by atoms with Gasteiger partial charge in [-0.05, 0) is 43.2 Å². The van der Waals surface area contributed by atoms with Gasteiger partial charge in [0.1, 0.15) is 12.1 Å². The van der Waals surface area contributed by atoms with E-state index in [4.69, 9.17) is 16.3 Å². The predicted molar refractivity (Wildman–Crippen MR) is 122 cm³/mol. The van der Waals surface area contributed by atoms with Gasteiger partial charge in [-0.1, -0.05) is 48.3 Å². The number of hydrogen-bond acceptors (Lipinski definition) is 6. The molecule has 8 nitrogen and oxygen atoms in total. The molecule has 2 aromatic rings. The maximum absolute atomic E-state index is 13.1. The minimum atomic E-state index is -0.897. The van der Waals surface area contributed by atoms with Crippen molar-refractivity contribution in [2.75, 3.05) is 18.1 Å². The Balaban J connectivity index is 1.29. The molecule has 33 heavy (non-hydrogen) atoms. The van der Waals surface area contributed by atoms with Crippen molar-refractivity contribution in [1.82, 2.24) is 10.2 Å². The zero-order valence-corrected chi connectivity index (χ0v) is 19.1. The summed E-state index contributed by atoms with van der Waals surface area (Å²) in [6.45, 7) is -1.08. The molecule has 10 heteroatoms. The average Bonchev–Trinajstić information content (AvgIpc) is 3.36. The van der Waals surface area contributed by atoms with Gasteiger partial charge in [0.15, 0.2) is 6.61 Å². The van der Waals surface area contributed by atoms with E-state index in [-0.39, 0.29) is 0 Å². The summed E-state index contributed by atoms with van der Waals surface area (Å²) in [5.41, 5.74) is 0.367. The summed E-state index contributed by atoms with van der Waals surface area (Å²) in [7, 11) is 0. The van der Waals surface area contributed by atoms with Crippen LogP contribution in [0, 0.1) is 0 Å². The Labute approximate surface area is 199 Å². The van der Waals surface area contributed by atoms with Crippen LogP contribution >= 0.6 is 23.4 Å². The van der Waals surface area contributed by atoms with Crippen molar-refractivity contribution in [2.45, 2.75) is 41.0 Å². The number of nitrogens with one attached hydrogen (secondary N) is 1. The number of halogens is 1. The monoisotopic (exact) mass is 485 g/mol. The van der Waals surface area contributed by atoms with E-state index in [1.807, 2.05) is 24.3 Å². The summed E-state index contributed by atoms with van der Waals surface area (Å²) in [6, 6.07) is 12.1. The molecule has 0 atom stereocenters. The molecule has 1 spiro atoms. The Kier molecular flexibility index (Phi) is 5.54. The zero-order chi connectivity index (χ0) is 23.2. The van der Waals surface area contributed by atoms with Gasteiger partial charge in [-0.3, -0.25) is 24.2 Å². The summed E-state index contributed by atoms with van der Waals surface area (Å²) in [6.07, 6.45) is 2.83. The third-order valence-electron chi connectivity index (χ3n) is 6.08. The second-order valence-corrected chi connectivity index (χ2v) is 9.70. The first-order valence-corrected chi connectivity index (χ1v) is 11.8. The number of hydrogen-bond donors (Lipinski definition) is 1. The van der Waals surface area contributed by atoms with E-state index in [1.54, 1.807) is 18.2 Å². The van der Waals surface area contributed by atoms with Crippen LogP contribution in [0.2, 0.25) is 5.02 Å². The van der Waals surface area contributed by atoms with Crippen LogP contribution < -0.4 is 10.2 Å². The highest BCUT2D eigenvalue weighted by Crippen LogP contribution is 2.48. The van der Waals surface area contributed by atoms with Gasteiger partial charge in [-0.2, -0.15) is 0 Å². The number of esters is 1. The van der Waals surface area contributed by atoms with E-state index in [9.17, 15) is 19.2 Å². The minimum Gasteiger partial charge on any atom is -0.454 e. The van der Waals surface area contributed by atoms with E-state index in [0.29, 0.717) is 29.2 Å². The molecule has 5 rings (SSSR count). The molecule has 170 valence electrons. The summed E-state index contributed by atoms with van der Waals surface area (Å²) >= 11 is 7.69. The summed E-state index contributed by atoms with van der Waals surface area (Å²) in [5, 5.41) is 3.19. The van der Waals surface area contributed by atoms with Crippen LogP contribution in [0.15, 0.2) is 52.3 Å². The molecule has 2 aliphatic heterocycles. The number of urea groups is 1. The summed E-state index contributed by atoms with van der Waals surface area (Å²) < 4.78 is 5.18. The third-order valence-corrected chi connectivity index (χ3v) is 7.45. The van der Waals surface area contributed by atoms with Gasteiger partial charge in [0, 0.05) is 14.8 Å². The summed E-state index contributed by atoms with van der Waals surface area (Å²) in [5.74, 6) is -1.70. The standard InChI is InChI=1S/C23H20ClN3O5S/c24-14-7-8-18-16(11-14)27(15-5-1-2-6-17(15)33-18)19(28)13-32-20(29)12-26-21(30)23(25-22(26)31)9-3-4-10-23/h1-2,5-8,11H,3-4,9-10,12-13H2,(H,25,31). The fraction of sp³-hybridized carbons (Fsp3) is 0.304. The van der Waals surface area contributed by atoms with Crippen LogP contribution in [-0.4, -0.2) is 47.4 Å². The first-order valence-electron chi connectivity index (χ1n) is 10.6. The Morgan fingerprint density at radius 1 is 1.06 bits per heavy atom. The average molecular weight is 486 g/mol. The van der Waals surface area contributed by atoms with E-state index in [1.165, 1.54) is 16.7 Å². The van der Waals surface area contributed by atoms with Crippen molar-refractivity contribution in [3.8, 4) is 0 Å². The van der Waals surface area contributed by atoms with E-state index < -0.39 is 42.5 Å². The van der Waals surface area contributed by atoms with Crippen molar-refractivity contribution in [2.24, 2.45) is 0 Å². The van der Waals surface area contributed by atoms with E-state index in [0.717, 1.165) is 27.5 Å². The molecule has 1 N–H and O–H groups in total. The number of carbonyl (C=O) groups excluding carboxylic acids is 4. The molecule has 1 aliphatic carbocycles. The fourth-order valence-corrected chi connectivity index (χ4v) is 5.72. The van der Waals surface area contributed by atoms with Gasteiger partial charge >= 0.3 is 12.0 Å². The number of rotatable bonds is 4. The number of carbonyl (C=O) groups is 4. The fourth-order valence-electron chi connectivity index (χ4n) is 4.52. The molecule has 4 amide bonds. The smallest absolute Gasteiger partial charge is 0.326 e. The molecule has 0 bridgehead atoms. The number of fused-ring (bicyclic) bond motifs is 2. The second kappa shape index (κ2) is 8.39. The lowest BCUT2D eigenvalue weighted by molar-refractivity contribution is -0.150. The Morgan fingerprint density at radius 3 is 2.58 bits per heavy atom. The van der Waals surface area contributed by atoms with Crippen molar-refractivity contribution >= 4 is 58.6 Å². The largest absolute Gasteiger partial charge is 0.454 e. The number of ether oxygens (including phenoxy) is 1.